The number of thiocarbonyl (C=S) groups is 1. The molecule has 1 aliphatic heterocycles. The fourth-order valence-electron chi connectivity index (χ4n) is 3.37. The van der Waals surface area contributed by atoms with Gasteiger partial charge in [-0.05, 0) is 35.8 Å². The molecule has 0 atom stereocenters. The summed E-state index contributed by atoms with van der Waals surface area (Å²) in [6.07, 6.45) is 5.19. The second-order valence-electron chi connectivity index (χ2n) is 7.55. The second kappa shape index (κ2) is 11.4. The van der Waals surface area contributed by atoms with E-state index in [1.165, 1.54) is 28.7 Å². The number of aromatic nitrogens is 1. The Morgan fingerprint density at radius 2 is 1.94 bits per heavy atom. The minimum absolute atomic E-state index is 0.125. The minimum atomic E-state index is -0.128. The van der Waals surface area contributed by atoms with E-state index in [1.54, 1.807) is 18.2 Å². The molecule has 3 aromatic rings. The van der Waals surface area contributed by atoms with Gasteiger partial charge in [0.05, 0.1) is 12.0 Å². The second-order valence-corrected chi connectivity index (χ2v) is 10.3. The van der Waals surface area contributed by atoms with Crippen molar-refractivity contribution in [2.45, 2.75) is 19.3 Å². The van der Waals surface area contributed by atoms with Crippen LogP contribution in [-0.2, 0) is 16.0 Å². The van der Waals surface area contributed by atoms with Crippen LogP contribution in [0.3, 0.4) is 0 Å². The van der Waals surface area contributed by atoms with Crippen molar-refractivity contribution in [1.29, 1.82) is 0 Å². The number of hydrogen-bond donors (Lipinski definition) is 1. The Morgan fingerprint density at radius 1 is 1.18 bits per heavy atom. The highest BCUT2D eigenvalue weighted by Crippen LogP contribution is 2.33. The zero-order valence-corrected chi connectivity index (χ0v) is 21.0. The summed E-state index contributed by atoms with van der Waals surface area (Å²) in [7, 11) is 1.61. The lowest BCUT2D eigenvalue weighted by atomic mass is 10.1. The van der Waals surface area contributed by atoms with E-state index in [2.05, 4.69) is 22.4 Å². The molecule has 0 aliphatic carbocycles. The predicted octanol–water partition coefficient (Wildman–Crippen LogP) is 5.36. The van der Waals surface area contributed by atoms with Crippen molar-refractivity contribution >= 4 is 62.7 Å². The SMILES string of the molecule is COc1ccc(/C=C2\SC(=S)N(CCCC(=O)Nc3ncc(Cc4ccccc4)s3)C2=O)cc1. The number of carbonyl (C=O) groups excluding carboxylic acids is 2. The summed E-state index contributed by atoms with van der Waals surface area (Å²) in [5, 5.41) is 3.44. The average Bonchev–Trinajstić information content (AvgIpc) is 3.38. The Labute approximate surface area is 212 Å². The molecule has 1 fully saturated rings. The van der Waals surface area contributed by atoms with Crippen molar-refractivity contribution in [2.24, 2.45) is 0 Å². The third-order valence-electron chi connectivity index (χ3n) is 5.09. The molecule has 0 spiro atoms. The molecule has 1 saturated heterocycles. The molecule has 1 aromatic heterocycles. The van der Waals surface area contributed by atoms with E-state index in [0.717, 1.165) is 22.6 Å². The van der Waals surface area contributed by atoms with E-state index in [-0.39, 0.29) is 18.2 Å². The van der Waals surface area contributed by atoms with E-state index in [0.29, 0.717) is 27.3 Å². The molecule has 9 heteroatoms. The number of ether oxygens (including phenoxy) is 1. The van der Waals surface area contributed by atoms with Crippen molar-refractivity contribution in [3.05, 3.63) is 81.7 Å². The smallest absolute Gasteiger partial charge is 0.266 e. The largest absolute Gasteiger partial charge is 0.497 e. The lowest BCUT2D eigenvalue weighted by Crippen LogP contribution is -2.29. The van der Waals surface area contributed by atoms with Crippen LogP contribution in [-0.4, -0.2) is 39.7 Å². The molecule has 1 N–H and O–H groups in total. The Morgan fingerprint density at radius 3 is 2.68 bits per heavy atom. The normalized spacial score (nSPS) is 14.6. The van der Waals surface area contributed by atoms with Crippen LogP contribution in [0.1, 0.15) is 28.8 Å². The molecule has 174 valence electrons. The van der Waals surface area contributed by atoms with Gasteiger partial charge in [-0.15, -0.1) is 11.3 Å². The molecular weight excluding hydrogens is 486 g/mol. The summed E-state index contributed by atoms with van der Waals surface area (Å²) in [6.45, 7) is 0.398. The molecule has 2 heterocycles. The van der Waals surface area contributed by atoms with Gasteiger partial charge in [0.15, 0.2) is 5.13 Å². The number of anilines is 1. The van der Waals surface area contributed by atoms with Gasteiger partial charge >= 0.3 is 0 Å². The molecule has 34 heavy (non-hydrogen) atoms. The third-order valence-corrected chi connectivity index (χ3v) is 7.38. The maximum Gasteiger partial charge on any atom is 0.266 e. The molecule has 4 rings (SSSR count). The summed E-state index contributed by atoms with van der Waals surface area (Å²) in [4.78, 5) is 32.7. The zero-order chi connectivity index (χ0) is 23.9. The highest BCUT2D eigenvalue weighted by atomic mass is 32.2. The zero-order valence-electron chi connectivity index (χ0n) is 18.5. The monoisotopic (exact) mass is 509 g/mol. The number of methoxy groups -OCH3 is 1. The number of hydrogen-bond acceptors (Lipinski definition) is 7. The van der Waals surface area contributed by atoms with Gasteiger partial charge in [-0.1, -0.05) is 66.4 Å². The van der Waals surface area contributed by atoms with Crippen molar-refractivity contribution in [3.63, 3.8) is 0 Å². The van der Waals surface area contributed by atoms with Gasteiger partial charge in [0.25, 0.3) is 5.91 Å². The number of benzene rings is 2. The Balaban J connectivity index is 1.25. The van der Waals surface area contributed by atoms with E-state index in [1.807, 2.05) is 48.5 Å². The Bertz CT molecular complexity index is 1210. The number of thioether (sulfide) groups is 1. The predicted molar refractivity (Wildman–Crippen MR) is 142 cm³/mol. The number of thiazole rings is 1. The molecular formula is C25H23N3O3S3. The summed E-state index contributed by atoms with van der Waals surface area (Å²) in [5.41, 5.74) is 2.10. The van der Waals surface area contributed by atoms with Crippen molar-refractivity contribution in [1.82, 2.24) is 9.88 Å². The van der Waals surface area contributed by atoms with Gasteiger partial charge in [-0.2, -0.15) is 0 Å². The molecule has 6 nitrogen and oxygen atoms in total. The van der Waals surface area contributed by atoms with Crippen LogP contribution in [0.2, 0.25) is 0 Å². The number of nitrogens with one attached hydrogen (secondary N) is 1. The fourth-order valence-corrected chi connectivity index (χ4v) is 5.54. The van der Waals surface area contributed by atoms with Crippen LogP contribution in [0.5, 0.6) is 5.75 Å². The quantitative estimate of drug-likeness (QED) is 0.309. The maximum atomic E-state index is 12.8. The highest BCUT2D eigenvalue weighted by molar-refractivity contribution is 8.26. The van der Waals surface area contributed by atoms with Gasteiger partial charge in [-0.3, -0.25) is 14.5 Å². The van der Waals surface area contributed by atoms with E-state index in [4.69, 9.17) is 17.0 Å². The minimum Gasteiger partial charge on any atom is -0.497 e. The number of amides is 2. The van der Waals surface area contributed by atoms with Crippen LogP contribution in [0, 0.1) is 0 Å². The molecule has 0 bridgehead atoms. The molecule has 1 aliphatic rings. The van der Waals surface area contributed by atoms with E-state index < -0.39 is 0 Å². The first kappa shape index (κ1) is 24.1. The van der Waals surface area contributed by atoms with Crippen molar-refractivity contribution < 1.29 is 14.3 Å². The molecule has 0 unspecified atom stereocenters. The lowest BCUT2D eigenvalue weighted by Gasteiger charge is -2.13. The van der Waals surface area contributed by atoms with Crippen LogP contribution >= 0.6 is 35.3 Å². The fraction of sp³-hybridized carbons (Fsp3) is 0.200. The van der Waals surface area contributed by atoms with Gasteiger partial charge in [0.2, 0.25) is 5.91 Å². The summed E-state index contributed by atoms with van der Waals surface area (Å²) >= 11 is 8.14. The van der Waals surface area contributed by atoms with Gasteiger partial charge in [0, 0.05) is 30.5 Å². The Hall–Kier alpha value is -3.01. The topological polar surface area (TPSA) is 71.5 Å². The van der Waals surface area contributed by atoms with E-state index in [9.17, 15) is 9.59 Å². The van der Waals surface area contributed by atoms with Crippen molar-refractivity contribution in [2.75, 3.05) is 19.0 Å². The molecule has 2 aromatic carbocycles. The van der Waals surface area contributed by atoms with Crippen LogP contribution in [0.25, 0.3) is 6.08 Å². The maximum absolute atomic E-state index is 12.8. The summed E-state index contributed by atoms with van der Waals surface area (Å²) in [6, 6.07) is 17.6. The summed E-state index contributed by atoms with van der Waals surface area (Å²) < 4.78 is 5.67. The lowest BCUT2D eigenvalue weighted by molar-refractivity contribution is -0.122. The summed E-state index contributed by atoms with van der Waals surface area (Å²) in [5.74, 6) is 0.504. The number of carbonyl (C=O) groups is 2. The first-order valence-corrected chi connectivity index (χ1v) is 12.7. The van der Waals surface area contributed by atoms with Crippen LogP contribution in [0.15, 0.2) is 65.7 Å². The molecule has 0 radical (unpaired) electrons. The average molecular weight is 510 g/mol. The van der Waals surface area contributed by atoms with E-state index >= 15 is 0 Å². The highest BCUT2D eigenvalue weighted by Gasteiger charge is 2.31. The van der Waals surface area contributed by atoms with Crippen LogP contribution in [0.4, 0.5) is 5.13 Å². The Kier molecular flexibility index (Phi) is 8.10. The molecule has 0 saturated carbocycles. The van der Waals surface area contributed by atoms with Gasteiger partial charge < -0.3 is 10.1 Å². The number of rotatable bonds is 9. The first-order valence-electron chi connectivity index (χ1n) is 10.7. The molecule has 2 amide bonds. The van der Waals surface area contributed by atoms with Crippen molar-refractivity contribution in [3.8, 4) is 5.75 Å². The number of nitrogens with zero attached hydrogens (tertiary/aromatic N) is 2. The van der Waals surface area contributed by atoms with Gasteiger partial charge in [0.1, 0.15) is 10.1 Å². The standard InChI is InChI=1S/C25H23N3O3S3/c1-31-19-11-9-18(10-12-19)15-21-23(30)28(25(32)34-21)13-5-8-22(29)27-24-26-16-20(33-24)14-17-6-3-2-4-7-17/h2-4,6-7,9-12,15-16H,5,8,13-14H2,1H3,(H,26,27,29)/b21-15-. The third kappa shape index (κ3) is 6.31. The first-order chi connectivity index (χ1) is 16.5. The van der Waals surface area contributed by atoms with Gasteiger partial charge in [-0.25, -0.2) is 4.98 Å². The van der Waals surface area contributed by atoms with Crippen LogP contribution < -0.4 is 10.1 Å².